The van der Waals surface area contributed by atoms with E-state index in [9.17, 15) is 9.18 Å². The van der Waals surface area contributed by atoms with Gasteiger partial charge in [0.25, 0.3) is 0 Å². The normalized spacial score (nSPS) is 10.6. The molecule has 94 valence electrons. The maximum atomic E-state index is 13.2. The molecule has 2 aromatic rings. The van der Waals surface area contributed by atoms with Crippen molar-refractivity contribution in [1.29, 1.82) is 0 Å². The first kappa shape index (κ1) is 12.6. The number of carboxylic acids is 1. The number of benzene rings is 1. The summed E-state index contributed by atoms with van der Waals surface area (Å²) in [5, 5.41) is 9.21. The Balaban J connectivity index is 2.37. The first-order chi connectivity index (χ1) is 8.58. The molecule has 0 saturated carbocycles. The van der Waals surface area contributed by atoms with Crippen LogP contribution in [0.25, 0.3) is 5.69 Å². The molecule has 0 bridgehead atoms. The van der Waals surface area contributed by atoms with Gasteiger partial charge in [0, 0.05) is 11.9 Å². The fraction of sp³-hybridized carbons (Fsp3) is 0.167. The highest BCUT2D eigenvalue weighted by atomic mass is 32.2. The van der Waals surface area contributed by atoms with Gasteiger partial charge in [0.1, 0.15) is 5.82 Å². The predicted octanol–water partition coefficient (Wildman–Crippen LogP) is 2.50. The average Bonchev–Trinajstić information content (AvgIpc) is 2.68. The lowest BCUT2D eigenvalue weighted by Crippen LogP contribution is -2.03. The number of imidazole rings is 1. The van der Waals surface area contributed by atoms with Crippen molar-refractivity contribution in [2.45, 2.75) is 12.1 Å². The summed E-state index contributed by atoms with van der Waals surface area (Å²) in [6, 6.07) is 6.11. The Hall–Kier alpha value is -1.82. The summed E-state index contributed by atoms with van der Waals surface area (Å²) in [6.07, 6.45) is 1.63. The zero-order valence-corrected chi connectivity index (χ0v) is 10.4. The van der Waals surface area contributed by atoms with Gasteiger partial charge in [-0.1, -0.05) is 17.8 Å². The number of thioether (sulfide) groups is 1. The Morgan fingerprint density at radius 2 is 2.33 bits per heavy atom. The van der Waals surface area contributed by atoms with Gasteiger partial charge in [0.2, 0.25) is 0 Å². The lowest BCUT2D eigenvalue weighted by Gasteiger charge is -2.09. The van der Waals surface area contributed by atoms with Crippen LogP contribution in [0.1, 0.15) is 5.69 Å². The van der Waals surface area contributed by atoms with Crippen molar-refractivity contribution in [3.05, 3.63) is 42.0 Å². The lowest BCUT2D eigenvalue weighted by atomic mass is 10.3. The number of halogens is 1. The summed E-state index contributed by atoms with van der Waals surface area (Å²) in [5.41, 5.74) is 1.46. The summed E-state index contributed by atoms with van der Waals surface area (Å²) in [4.78, 5) is 14.7. The molecule has 6 heteroatoms. The number of carboxylic acid groups (broad SMARTS) is 1. The molecule has 0 unspecified atom stereocenters. The van der Waals surface area contributed by atoms with Crippen LogP contribution in [0.4, 0.5) is 4.39 Å². The summed E-state index contributed by atoms with van der Waals surface area (Å²) >= 11 is 1.11. The molecule has 1 N–H and O–H groups in total. The van der Waals surface area contributed by atoms with E-state index >= 15 is 0 Å². The molecular weight excluding hydrogens is 255 g/mol. The monoisotopic (exact) mass is 266 g/mol. The first-order valence-electron chi connectivity index (χ1n) is 5.23. The van der Waals surface area contributed by atoms with Crippen LogP contribution in [0.3, 0.4) is 0 Å². The third kappa shape index (κ3) is 2.70. The van der Waals surface area contributed by atoms with E-state index < -0.39 is 5.97 Å². The minimum Gasteiger partial charge on any atom is -0.481 e. The van der Waals surface area contributed by atoms with Gasteiger partial charge in [-0.05, 0) is 25.1 Å². The standard InChI is InChI=1S/C12H11FN2O2S/c1-8-6-14-12(18-7-11(16)17)15(8)10-4-2-3-9(13)5-10/h2-6H,7H2,1H3,(H,16,17). The molecule has 0 saturated heterocycles. The lowest BCUT2D eigenvalue weighted by molar-refractivity contribution is -0.133. The molecule has 1 aromatic heterocycles. The molecular formula is C12H11FN2O2S. The molecule has 0 amide bonds. The fourth-order valence-electron chi connectivity index (χ4n) is 1.57. The van der Waals surface area contributed by atoms with Crippen molar-refractivity contribution in [3.63, 3.8) is 0 Å². The summed E-state index contributed by atoms with van der Waals surface area (Å²) in [6.45, 7) is 1.84. The van der Waals surface area contributed by atoms with Crippen LogP contribution in [-0.4, -0.2) is 26.4 Å². The zero-order valence-electron chi connectivity index (χ0n) is 9.63. The van der Waals surface area contributed by atoms with E-state index in [2.05, 4.69) is 4.98 Å². The number of rotatable bonds is 4. The molecule has 18 heavy (non-hydrogen) atoms. The molecule has 0 radical (unpaired) electrons. The molecule has 1 aromatic carbocycles. The van der Waals surface area contributed by atoms with Gasteiger partial charge in [-0.25, -0.2) is 9.37 Å². The van der Waals surface area contributed by atoms with Gasteiger partial charge in [-0.15, -0.1) is 0 Å². The predicted molar refractivity (Wildman–Crippen MR) is 66.6 cm³/mol. The second-order valence-corrected chi connectivity index (χ2v) is 4.62. The van der Waals surface area contributed by atoms with Crippen LogP contribution in [0, 0.1) is 12.7 Å². The molecule has 4 nitrogen and oxygen atoms in total. The zero-order chi connectivity index (χ0) is 13.1. The second kappa shape index (κ2) is 5.22. The van der Waals surface area contributed by atoms with Crippen molar-refractivity contribution in [2.75, 3.05) is 5.75 Å². The average molecular weight is 266 g/mol. The van der Waals surface area contributed by atoms with E-state index in [4.69, 9.17) is 5.11 Å². The largest absolute Gasteiger partial charge is 0.481 e. The summed E-state index contributed by atoms with van der Waals surface area (Å²) in [5.74, 6) is -1.33. The van der Waals surface area contributed by atoms with Gasteiger partial charge in [0.15, 0.2) is 5.16 Å². The number of nitrogens with zero attached hydrogens (tertiary/aromatic N) is 2. The minimum absolute atomic E-state index is 0.0776. The van der Waals surface area contributed by atoms with E-state index in [1.54, 1.807) is 22.9 Å². The minimum atomic E-state index is -0.911. The van der Waals surface area contributed by atoms with E-state index in [-0.39, 0.29) is 11.6 Å². The fourth-order valence-corrected chi connectivity index (χ4v) is 2.33. The van der Waals surface area contributed by atoms with Crippen LogP contribution in [-0.2, 0) is 4.79 Å². The van der Waals surface area contributed by atoms with Crippen LogP contribution in [0.5, 0.6) is 0 Å². The van der Waals surface area contributed by atoms with E-state index in [0.29, 0.717) is 10.8 Å². The summed E-state index contributed by atoms with van der Waals surface area (Å²) < 4.78 is 14.9. The topological polar surface area (TPSA) is 55.1 Å². The Labute approximate surface area is 107 Å². The molecule has 0 spiro atoms. The van der Waals surface area contributed by atoms with Crippen LogP contribution >= 0.6 is 11.8 Å². The SMILES string of the molecule is Cc1cnc(SCC(=O)O)n1-c1cccc(F)c1. The summed E-state index contributed by atoms with van der Waals surface area (Å²) in [7, 11) is 0. The molecule has 2 rings (SSSR count). The third-order valence-electron chi connectivity index (χ3n) is 2.30. The van der Waals surface area contributed by atoms with Gasteiger partial charge in [0.05, 0.1) is 11.4 Å². The highest BCUT2D eigenvalue weighted by Gasteiger charge is 2.11. The Morgan fingerprint density at radius 1 is 1.56 bits per heavy atom. The van der Waals surface area contributed by atoms with Gasteiger partial charge < -0.3 is 5.11 Å². The smallest absolute Gasteiger partial charge is 0.313 e. The quantitative estimate of drug-likeness (QED) is 0.864. The second-order valence-electron chi connectivity index (χ2n) is 3.68. The number of carbonyl (C=O) groups is 1. The third-order valence-corrected chi connectivity index (χ3v) is 3.23. The van der Waals surface area contributed by atoms with E-state index in [0.717, 1.165) is 17.5 Å². The van der Waals surface area contributed by atoms with Gasteiger partial charge in [-0.3, -0.25) is 9.36 Å². The van der Waals surface area contributed by atoms with Crippen molar-refractivity contribution < 1.29 is 14.3 Å². The van der Waals surface area contributed by atoms with E-state index in [1.165, 1.54) is 12.1 Å². The molecule has 0 atom stereocenters. The maximum Gasteiger partial charge on any atom is 0.313 e. The maximum absolute atomic E-state index is 13.2. The highest BCUT2D eigenvalue weighted by molar-refractivity contribution is 7.99. The number of hydrogen-bond acceptors (Lipinski definition) is 3. The van der Waals surface area contributed by atoms with Crippen molar-refractivity contribution in [2.24, 2.45) is 0 Å². The van der Waals surface area contributed by atoms with Crippen LogP contribution in [0.15, 0.2) is 35.6 Å². The number of hydrogen-bond donors (Lipinski definition) is 1. The number of aromatic nitrogens is 2. The molecule has 0 aliphatic carbocycles. The molecule has 0 aliphatic heterocycles. The van der Waals surface area contributed by atoms with Gasteiger partial charge in [-0.2, -0.15) is 0 Å². The van der Waals surface area contributed by atoms with Crippen molar-refractivity contribution in [3.8, 4) is 5.69 Å². The molecule has 0 aliphatic rings. The van der Waals surface area contributed by atoms with Crippen LogP contribution < -0.4 is 0 Å². The van der Waals surface area contributed by atoms with E-state index in [1.807, 2.05) is 6.92 Å². The Kier molecular flexibility index (Phi) is 3.66. The number of aliphatic carboxylic acids is 1. The molecule has 0 fully saturated rings. The van der Waals surface area contributed by atoms with Crippen molar-refractivity contribution >= 4 is 17.7 Å². The van der Waals surface area contributed by atoms with Gasteiger partial charge >= 0.3 is 5.97 Å². The first-order valence-corrected chi connectivity index (χ1v) is 6.21. The Morgan fingerprint density at radius 3 is 3.00 bits per heavy atom. The Bertz CT molecular complexity index is 583. The molecule has 1 heterocycles. The van der Waals surface area contributed by atoms with Crippen molar-refractivity contribution in [1.82, 2.24) is 9.55 Å². The van der Waals surface area contributed by atoms with Crippen LogP contribution in [0.2, 0.25) is 0 Å². The number of aryl methyl sites for hydroxylation is 1. The highest BCUT2D eigenvalue weighted by Crippen LogP contribution is 2.23.